The van der Waals surface area contributed by atoms with E-state index in [1.54, 1.807) is 0 Å². The van der Waals surface area contributed by atoms with Gasteiger partial charge in [0.05, 0.1) is 4.88 Å². The van der Waals surface area contributed by atoms with Gasteiger partial charge in [0.15, 0.2) is 0 Å². The fraction of sp³-hybridized carbons (Fsp3) is 0.533. The van der Waals surface area contributed by atoms with Gasteiger partial charge in [-0.1, -0.05) is 12.1 Å². The number of hydrogen-bond acceptors (Lipinski definition) is 6. The Hall–Kier alpha value is -1.43. The molecule has 3 rings (SSSR count). The molecule has 0 amide bonds. The zero-order chi connectivity index (χ0) is 18.9. The maximum Gasteiger partial charge on any atom is 0.452 e. The average molecular weight is 409 g/mol. The molecule has 0 spiro atoms. The van der Waals surface area contributed by atoms with Crippen LogP contribution in [0.5, 0.6) is 0 Å². The predicted octanol–water partition coefficient (Wildman–Crippen LogP) is 3.18. The number of hydrogen-bond donors (Lipinski definition) is 1. The van der Waals surface area contributed by atoms with E-state index in [4.69, 9.17) is 0 Å². The van der Waals surface area contributed by atoms with Gasteiger partial charge in [-0.05, 0) is 38.1 Å². The number of thiophene rings is 1. The smallest absolute Gasteiger partial charge is 0.351 e. The van der Waals surface area contributed by atoms with Crippen LogP contribution in [-0.4, -0.2) is 44.2 Å². The molecule has 1 aliphatic heterocycles. The summed E-state index contributed by atoms with van der Waals surface area (Å²) in [5.74, 6) is -1.22. The van der Waals surface area contributed by atoms with Crippen LogP contribution in [0.4, 0.5) is 13.2 Å². The van der Waals surface area contributed by atoms with Crippen molar-refractivity contribution in [3.8, 4) is 10.6 Å². The van der Waals surface area contributed by atoms with E-state index < -0.39 is 22.0 Å². The van der Waals surface area contributed by atoms with Gasteiger partial charge in [0.25, 0.3) is 0 Å². The summed E-state index contributed by atoms with van der Waals surface area (Å²) in [6.07, 6.45) is -2.66. The van der Waals surface area contributed by atoms with E-state index in [0.29, 0.717) is 11.4 Å². The summed E-state index contributed by atoms with van der Waals surface area (Å²) in [5, 5.41) is 3.37. The van der Waals surface area contributed by atoms with Crippen molar-refractivity contribution in [1.29, 1.82) is 0 Å². The minimum atomic E-state index is -4.63. The Balaban J connectivity index is 1.71. The first-order chi connectivity index (χ1) is 12.2. The highest BCUT2D eigenvalue weighted by Gasteiger charge is 2.36. The molecule has 1 aliphatic rings. The molecule has 11 heteroatoms. The Labute approximate surface area is 153 Å². The normalized spacial score (nSPS) is 19.3. The van der Waals surface area contributed by atoms with Crippen molar-refractivity contribution >= 4 is 21.4 Å². The number of nitrogens with one attached hydrogen (secondary N) is 1. The summed E-state index contributed by atoms with van der Waals surface area (Å²) < 4.78 is 69.5. The Morgan fingerprint density at radius 3 is 2.85 bits per heavy atom. The fourth-order valence-corrected chi connectivity index (χ4v) is 5.32. The Bertz CT molecular complexity index is 861. The molecular formula is C15H18F3N3O3S2. The van der Waals surface area contributed by atoms with Crippen LogP contribution in [0.3, 0.4) is 0 Å². The molecule has 0 bridgehead atoms. The van der Waals surface area contributed by atoms with Gasteiger partial charge in [-0.2, -0.15) is 13.2 Å². The van der Waals surface area contributed by atoms with Crippen molar-refractivity contribution in [2.45, 2.75) is 36.2 Å². The molecule has 0 saturated carbocycles. The molecule has 26 heavy (non-hydrogen) atoms. The molecule has 6 nitrogen and oxygen atoms in total. The second-order valence-corrected chi connectivity index (χ2v) is 9.05. The van der Waals surface area contributed by atoms with Crippen LogP contribution in [-0.2, 0) is 16.2 Å². The first-order valence-electron chi connectivity index (χ1n) is 8.08. The lowest BCUT2D eigenvalue weighted by molar-refractivity contribution is -0.155. The Morgan fingerprint density at radius 2 is 2.19 bits per heavy atom. The molecule has 2 aromatic heterocycles. The highest BCUT2D eigenvalue weighted by atomic mass is 32.2. The molecule has 1 fully saturated rings. The van der Waals surface area contributed by atoms with Gasteiger partial charge in [-0.15, -0.1) is 11.3 Å². The van der Waals surface area contributed by atoms with Crippen molar-refractivity contribution < 1.29 is 26.1 Å². The molecule has 0 aromatic carbocycles. The molecule has 0 unspecified atom stereocenters. The van der Waals surface area contributed by atoms with E-state index in [0.717, 1.165) is 43.3 Å². The summed E-state index contributed by atoms with van der Waals surface area (Å²) in [7, 11) is -3.73. The predicted molar refractivity (Wildman–Crippen MR) is 90.3 cm³/mol. The van der Waals surface area contributed by atoms with E-state index in [1.165, 1.54) is 12.1 Å². The summed E-state index contributed by atoms with van der Waals surface area (Å²) >= 11 is 0.852. The number of halogens is 3. The van der Waals surface area contributed by atoms with Crippen LogP contribution < -0.4 is 4.72 Å². The molecule has 1 N–H and O–H groups in total. The maximum absolute atomic E-state index is 12.6. The first kappa shape index (κ1) is 19.3. The molecule has 3 heterocycles. The quantitative estimate of drug-likeness (QED) is 0.793. The van der Waals surface area contributed by atoms with Gasteiger partial charge in [-0.3, -0.25) is 4.90 Å². The highest BCUT2D eigenvalue weighted by Crippen LogP contribution is 2.35. The third-order valence-corrected chi connectivity index (χ3v) is 7.33. The third kappa shape index (κ3) is 4.11. The zero-order valence-electron chi connectivity index (χ0n) is 13.9. The molecule has 0 aliphatic carbocycles. The SMILES string of the molecule is CCN1CCC[C@H]1CNS(=O)(=O)c1ccc(-c2cc(C(F)(F)F)on2)s1. The molecular weight excluding hydrogens is 391 g/mol. The molecule has 1 atom stereocenters. The Morgan fingerprint density at radius 1 is 1.42 bits per heavy atom. The zero-order valence-corrected chi connectivity index (χ0v) is 15.5. The van der Waals surface area contributed by atoms with E-state index in [2.05, 4.69) is 19.3 Å². The lowest BCUT2D eigenvalue weighted by Gasteiger charge is -2.22. The number of sulfonamides is 1. The van der Waals surface area contributed by atoms with Crippen LogP contribution in [0.1, 0.15) is 25.5 Å². The van der Waals surface area contributed by atoms with Crippen molar-refractivity contribution in [1.82, 2.24) is 14.8 Å². The van der Waals surface area contributed by atoms with Crippen LogP contribution in [0.15, 0.2) is 26.9 Å². The van der Waals surface area contributed by atoms with E-state index in [-0.39, 0.29) is 15.9 Å². The summed E-state index contributed by atoms with van der Waals surface area (Å²) in [4.78, 5) is 2.51. The van der Waals surface area contributed by atoms with Crippen molar-refractivity contribution in [3.63, 3.8) is 0 Å². The Kier molecular flexibility index (Phi) is 5.42. The summed E-state index contributed by atoms with van der Waals surface area (Å²) in [6.45, 7) is 4.17. The standard InChI is InChI=1S/C15H18F3N3O3S2/c1-2-21-7-3-4-10(21)9-19-26(22,23)14-6-5-12(25-14)11-8-13(24-20-11)15(16,17)18/h5-6,8,10,19H,2-4,7,9H2,1H3/t10-/m0/s1. The van der Waals surface area contributed by atoms with E-state index >= 15 is 0 Å². The number of nitrogens with zero attached hydrogens (tertiary/aromatic N) is 2. The summed E-state index contributed by atoms with van der Waals surface area (Å²) in [5.41, 5.74) is -0.0447. The number of likely N-dealkylation sites (tertiary alicyclic amines) is 1. The molecule has 2 aromatic rings. The first-order valence-corrected chi connectivity index (χ1v) is 10.4. The van der Waals surface area contributed by atoms with Crippen molar-refractivity contribution in [2.75, 3.05) is 19.6 Å². The fourth-order valence-electron chi connectivity index (χ4n) is 2.95. The molecule has 144 valence electrons. The van der Waals surface area contributed by atoms with Crippen molar-refractivity contribution in [2.24, 2.45) is 0 Å². The average Bonchev–Trinajstić information content (AvgIpc) is 3.30. The molecule has 1 saturated heterocycles. The second kappa shape index (κ2) is 7.29. The van der Waals surface area contributed by atoms with Gasteiger partial charge >= 0.3 is 6.18 Å². The third-order valence-electron chi connectivity index (χ3n) is 4.30. The van der Waals surface area contributed by atoms with Gasteiger partial charge in [0.1, 0.15) is 9.90 Å². The minimum Gasteiger partial charge on any atom is -0.351 e. The van der Waals surface area contributed by atoms with Gasteiger partial charge < -0.3 is 4.52 Å². The van der Waals surface area contributed by atoms with Gasteiger partial charge in [0.2, 0.25) is 15.8 Å². The van der Waals surface area contributed by atoms with Crippen LogP contribution in [0, 0.1) is 0 Å². The lowest BCUT2D eigenvalue weighted by atomic mass is 10.2. The number of likely N-dealkylation sites (N-methyl/N-ethyl adjacent to an activating group) is 1. The number of alkyl halides is 3. The number of rotatable bonds is 6. The monoisotopic (exact) mass is 409 g/mol. The molecule has 0 radical (unpaired) electrons. The minimum absolute atomic E-state index is 0.0325. The largest absolute Gasteiger partial charge is 0.452 e. The van der Waals surface area contributed by atoms with Crippen LogP contribution in [0.2, 0.25) is 0 Å². The topological polar surface area (TPSA) is 75.4 Å². The van der Waals surface area contributed by atoms with E-state index in [1.807, 2.05) is 6.92 Å². The van der Waals surface area contributed by atoms with Crippen LogP contribution in [0.25, 0.3) is 10.6 Å². The van der Waals surface area contributed by atoms with Gasteiger partial charge in [0, 0.05) is 18.7 Å². The van der Waals surface area contributed by atoms with E-state index in [9.17, 15) is 21.6 Å². The second-order valence-electron chi connectivity index (χ2n) is 5.97. The van der Waals surface area contributed by atoms with Gasteiger partial charge in [-0.25, -0.2) is 13.1 Å². The summed E-state index contributed by atoms with van der Waals surface area (Å²) in [6, 6.07) is 3.70. The lowest BCUT2D eigenvalue weighted by Crippen LogP contribution is -2.39. The van der Waals surface area contributed by atoms with Crippen molar-refractivity contribution in [3.05, 3.63) is 24.0 Å². The maximum atomic E-state index is 12.6. The van der Waals surface area contributed by atoms with Crippen LogP contribution >= 0.6 is 11.3 Å². The number of aromatic nitrogens is 1. The highest BCUT2D eigenvalue weighted by molar-refractivity contribution is 7.91.